The summed E-state index contributed by atoms with van der Waals surface area (Å²) in [7, 11) is 0. The lowest BCUT2D eigenvalue weighted by atomic mass is 9.78. The van der Waals surface area contributed by atoms with E-state index in [1.165, 1.54) is 0 Å². The Bertz CT molecular complexity index is 652. The van der Waals surface area contributed by atoms with Crippen molar-refractivity contribution in [3.8, 4) is 5.75 Å². The topological polar surface area (TPSA) is 52.6 Å². The van der Waals surface area contributed by atoms with Crippen LogP contribution in [0.4, 0.5) is 0 Å². The van der Waals surface area contributed by atoms with Gasteiger partial charge < -0.3 is 9.47 Å². The van der Waals surface area contributed by atoms with Crippen molar-refractivity contribution in [3.63, 3.8) is 0 Å². The van der Waals surface area contributed by atoms with Gasteiger partial charge >= 0.3 is 11.9 Å². The largest absolute Gasteiger partial charge is 0.459 e. The second-order valence-electron chi connectivity index (χ2n) is 7.01. The fourth-order valence-electron chi connectivity index (χ4n) is 2.96. The fraction of sp³-hybridized carbons (Fsp3) is 0.474. The number of allylic oxidation sites excluding steroid dienone is 1. The molecule has 1 heterocycles. The van der Waals surface area contributed by atoms with Crippen molar-refractivity contribution in [3.05, 3.63) is 41.5 Å². The number of fused-ring (bicyclic) bond motifs is 1. The first-order valence-corrected chi connectivity index (χ1v) is 7.81. The molecule has 0 fully saturated rings. The second kappa shape index (κ2) is 6.19. The van der Waals surface area contributed by atoms with Gasteiger partial charge in [0.15, 0.2) is 5.92 Å². The average Bonchev–Trinajstić information content (AvgIpc) is 2.41. The normalized spacial score (nSPS) is 20.5. The van der Waals surface area contributed by atoms with Crippen molar-refractivity contribution in [2.45, 2.75) is 52.6 Å². The van der Waals surface area contributed by atoms with Crippen LogP contribution in [0.3, 0.4) is 0 Å². The van der Waals surface area contributed by atoms with Crippen LogP contribution in [0, 0.1) is 19.8 Å². The first kappa shape index (κ1) is 17.3. The summed E-state index contributed by atoms with van der Waals surface area (Å²) in [5, 5.41) is 0. The molecular weight excluding hydrogens is 292 g/mol. The van der Waals surface area contributed by atoms with E-state index in [4.69, 9.17) is 9.47 Å². The minimum Gasteiger partial charge on any atom is -0.459 e. The molecule has 1 aliphatic rings. The van der Waals surface area contributed by atoms with Gasteiger partial charge in [-0.25, -0.2) is 0 Å². The maximum absolute atomic E-state index is 12.6. The third-order valence-electron chi connectivity index (χ3n) is 3.92. The number of hydrogen-bond acceptors (Lipinski definition) is 4. The lowest BCUT2D eigenvalue weighted by molar-refractivity contribution is -0.168. The molecule has 1 aliphatic heterocycles. The van der Waals surface area contributed by atoms with Crippen molar-refractivity contribution >= 4 is 11.9 Å². The Balaban J connectivity index is 2.51. The third kappa shape index (κ3) is 3.46. The molecule has 0 unspecified atom stereocenters. The molecular formula is C19H24O4. The maximum Gasteiger partial charge on any atom is 0.326 e. The van der Waals surface area contributed by atoms with Crippen LogP contribution in [0.15, 0.2) is 24.8 Å². The van der Waals surface area contributed by atoms with Gasteiger partial charge in [-0.2, -0.15) is 0 Å². The summed E-state index contributed by atoms with van der Waals surface area (Å²) in [4.78, 5) is 25.0. The van der Waals surface area contributed by atoms with Crippen LogP contribution >= 0.6 is 0 Å². The van der Waals surface area contributed by atoms with Gasteiger partial charge in [0, 0.05) is 11.5 Å². The van der Waals surface area contributed by atoms with Crippen molar-refractivity contribution in [2.24, 2.45) is 5.92 Å². The number of benzene rings is 1. The zero-order valence-electron chi connectivity index (χ0n) is 14.4. The molecule has 0 saturated carbocycles. The summed E-state index contributed by atoms with van der Waals surface area (Å²) in [6.45, 7) is 13.0. The predicted octanol–water partition coefficient (Wildman–Crippen LogP) is 3.84. The molecule has 0 saturated heterocycles. The highest BCUT2D eigenvalue weighted by Gasteiger charge is 2.45. The monoisotopic (exact) mass is 316 g/mol. The van der Waals surface area contributed by atoms with E-state index in [1.54, 1.807) is 26.8 Å². The van der Waals surface area contributed by atoms with E-state index in [1.807, 2.05) is 26.0 Å². The first-order chi connectivity index (χ1) is 10.7. The van der Waals surface area contributed by atoms with E-state index < -0.39 is 23.5 Å². The van der Waals surface area contributed by atoms with Gasteiger partial charge in [0.25, 0.3) is 0 Å². The zero-order chi connectivity index (χ0) is 17.4. The summed E-state index contributed by atoms with van der Waals surface area (Å²) in [5.41, 5.74) is 2.13. The lowest BCUT2D eigenvalue weighted by Crippen LogP contribution is -2.41. The number of ether oxygens (including phenoxy) is 2. The Hall–Kier alpha value is -2.10. The Kier molecular flexibility index (Phi) is 4.64. The highest BCUT2D eigenvalue weighted by molar-refractivity contribution is 5.98. The second-order valence-corrected chi connectivity index (χ2v) is 7.01. The summed E-state index contributed by atoms with van der Waals surface area (Å²) in [6.07, 6.45) is 2.24. The highest BCUT2D eigenvalue weighted by atomic mass is 16.6. The Labute approximate surface area is 137 Å². The lowest BCUT2D eigenvalue weighted by Gasteiger charge is -2.33. The summed E-state index contributed by atoms with van der Waals surface area (Å²) in [5.74, 6) is -1.78. The summed E-state index contributed by atoms with van der Waals surface area (Å²) >= 11 is 0. The molecule has 0 radical (unpaired) electrons. The van der Waals surface area contributed by atoms with Crippen LogP contribution in [-0.4, -0.2) is 17.5 Å². The minimum atomic E-state index is -0.958. The molecule has 2 atom stereocenters. The number of aryl methyl sites for hydroxylation is 2. The van der Waals surface area contributed by atoms with Crippen molar-refractivity contribution in [1.82, 2.24) is 0 Å². The molecule has 0 aliphatic carbocycles. The van der Waals surface area contributed by atoms with Gasteiger partial charge in [-0.15, -0.1) is 6.58 Å². The van der Waals surface area contributed by atoms with E-state index in [9.17, 15) is 9.59 Å². The molecule has 0 aromatic heterocycles. The number of hydrogen-bond donors (Lipinski definition) is 0. The first-order valence-electron chi connectivity index (χ1n) is 7.81. The van der Waals surface area contributed by atoms with Crippen LogP contribution in [0.2, 0.25) is 0 Å². The van der Waals surface area contributed by atoms with E-state index >= 15 is 0 Å². The Morgan fingerprint density at radius 1 is 1.30 bits per heavy atom. The van der Waals surface area contributed by atoms with Crippen molar-refractivity contribution < 1.29 is 19.1 Å². The molecule has 0 spiro atoms. The molecule has 4 heteroatoms. The highest BCUT2D eigenvalue weighted by Crippen LogP contribution is 2.44. The van der Waals surface area contributed by atoms with E-state index in [0.29, 0.717) is 12.2 Å². The van der Waals surface area contributed by atoms with Gasteiger partial charge in [0.2, 0.25) is 0 Å². The third-order valence-corrected chi connectivity index (χ3v) is 3.92. The van der Waals surface area contributed by atoms with Gasteiger partial charge in [0.05, 0.1) is 0 Å². The Morgan fingerprint density at radius 2 is 1.91 bits per heavy atom. The van der Waals surface area contributed by atoms with Crippen LogP contribution in [-0.2, 0) is 14.3 Å². The van der Waals surface area contributed by atoms with E-state index in [-0.39, 0.29) is 5.92 Å². The molecule has 0 N–H and O–H groups in total. The van der Waals surface area contributed by atoms with Crippen molar-refractivity contribution in [2.75, 3.05) is 0 Å². The van der Waals surface area contributed by atoms with E-state index in [0.717, 1.165) is 16.7 Å². The SMILES string of the molecule is C=CC[C@@H]1c2c(C)ccc(C)c2OC(=O)[C@H]1C(=O)OC(C)(C)C. The maximum atomic E-state index is 12.6. The molecule has 2 rings (SSSR count). The number of rotatable bonds is 3. The van der Waals surface area contributed by atoms with Gasteiger partial charge in [-0.05, 0) is 52.2 Å². The molecule has 23 heavy (non-hydrogen) atoms. The van der Waals surface area contributed by atoms with Gasteiger partial charge in [-0.1, -0.05) is 18.2 Å². The standard InChI is InChI=1S/C19H24O4/c1-7-8-13-14-11(2)9-10-12(3)16(14)22-17(20)15(13)18(21)23-19(4,5)6/h7,9-10,13,15H,1,8H2,2-6H3/t13-,15+/m1/s1. The molecule has 0 bridgehead atoms. The van der Waals surface area contributed by atoms with Crippen molar-refractivity contribution in [1.29, 1.82) is 0 Å². The molecule has 0 amide bonds. The number of carbonyl (C=O) groups excluding carboxylic acids is 2. The smallest absolute Gasteiger partial charge is 0.326 e. The number of esters is 2. The fourth-order valence-corrected chi connectivity index (χ4v) is 2.96. The van der Waals surface area contributed by atoms with E-state index in [2.05, 4.69) is 6.58 Å². The van der Waals surface area contributed by atoms with Gasteiger partial charge in [-0.3, -0.25) is 9.59 Å². The zero-order valence-corrected chi connectivity index (χ0v) is 14.4. The molecule has 4 nitrogen and oxygen atoms in total. The summed E-state index contributed by atoms with van der Waals surface area (Å²) in [6, 6.07) is 3.90. The van der Waals surface area contributed by atoms with Gasteiger partial charge in [0.1, 0.15) is 11.4 Å². The molecule has 1 aromatic carbocycles. The van der Waals surface area contributed by atoms with Crippen LogP contribution in [0.5, 0.6) is 5.75 Å². The number of carbonyl (C=O) groups is 2. The summed E-state index contributed by atoms with van der Waals surface area (Å²) < 4.78 is 10.9. The Morgan fingerprint density at radius 3 is 2.48 bits per heavy atom. The quantitative estimate of drug-likeness (QED) is 0.368. The van der Waals surface area contributed by atoms with Crippen LogP contribution < -0.4 is 4.74 Å². The average molecular weight is 316 g/mol. The predicted molar refractivity (Wildman–Crippen MR) is 88.4 cm³/mol. The molecule has 124 valence electrons. The minimum absolute atomic E-state index is 0.307. The molecule has 1 aromatic rings. The van der Waals surface area contributed by atoms with Crippen LogP contribution in [0.1, 0.15) is 49.8 Å². The van der Waals surface area contributed by atoms with Crippen LogP contribution in [0.25, 0.3) is 0 Å².